The van der Waals surface area contributed by atoms with Gasteiger partial charge in [-0.2, -0.15) is 0 Å². The predicted octanol–water partition coefficient (Wildman–Crippen LogP) is 2.51. The van der Waals surface area contributed by atoms with Gasteiger partial charge in [0.15, 0.2) is 5.79 Å². The molecule has 1 unspecified atom stereocenters. The summed E-state index contributed by atoms with van der Waals surface area (Å²) in [6, 6.07) is 4.40. The normalized spacial score (nSPS) is 15.5. The second-order valence-corrected chi connectivity index (χ2v) is 12.5. The molecule has 0 bridgehead atoms. The van der Waals surface area contributed by atoms with Crippen molar-refractivity contribution < 1.29 is 28.6 Å². The number of methoxy groups -OCH3 is 1. The number of nitrogens with zero attached hydrogens (tertiary/aromatic N) is 4. The molecule has 1 atom stereocenters. The molecule has 0 radical (unpaired) electrons. The number of carbonyl (C=O) groups excluding carboxylic acids is 3. The molecule has 1 saturated heterocycles. The van der Waals surface area contributed by atoms with E-state index in [-0.39, 0.29) is 48.0 Å². The zero-order valence-electron chi connectivity index (χ0n) is 27.9. The van der Waals surface area contributed by atoms with Crippen LogP contribution in [0, 0.1) is 0 Å². The lowest BCUT2D eigenvalue weighted by atomic mass is 9.92. The van der Waals surface area contributed by atoms with E-state index < -0.39 is 46.9 Å². The molecule has 2 amide bonds. The van der Waals surface area contributed by atoms with Gasteiger partial charge in [0.05, 0.1) is 37.3 Å². The Bertz CT molecular complexity index is 1820. The van der Waals surface area contributed by atoms with Gasteiger partial charge in [0.2, 0.25) is 5.91 Å². The highest BCUT2D eigenvalue weighted by molar-refractivity contribution is 6.01. The van der Waals surface area contributed by atoms with Crippen molar-refractivity contribution in [2.45, 2.75) is 58.4 Å². The Morgan fingerprint density at radius 2 is 1.63 bits per heavy atom. The minimum Gasteiger partial charge on any atom is -0.465 e. The summed E-state index contributed by atoms with van der Waals surface area (Å²) in [4.78, 5) is 69.1. The molecule has 1 aromatic carbocycles. The zero-order valence-corrected chi connectivity index (χ0v) is 27.9. The summed E-state index contributed by atoms with van der Waals surface area (Å²) < 4.78 is 20.7. The molecular weight excluding hydrogens is 594 g/mol. The highest BCUT2D eigenvalue weighted by Gasteiger charge is 2.42. The van der Waals surface area contributed by atoms with Crippen LogP contribution >= 0.6 is 0 Å². The van der Waals surface area contributed by atoms with E-state index in [4.69, 9.17) is 14.2 Å². The summed E-state index contributed by atoms with van der Waals surface area (Å²) in [5.74, 6) is -2.71. The monoisotopic (exact) mass is 637 g/mol. The molecule has 3 heterocycles. The lowest BCUT2D eigenvalue weighted by Crippen LogP contribution is -2.56. The molecule has 0 spiro atoms. The van der Waals surface area contributed by atoms with Crippen LogP contribution in [0.15, 0.2) is 46.0 Å². The SMILES string of the molecule is C=C(C)CNC(=O)C(c1cc(C(=O)OC)cc(C(C)C)c1)N(C(=O)c1cc2c(=O)n(C)c(=O)n(C)c2n1C)C1COC(C)(C)OC1. The van der Waals surface area contributed by atoms with Gasteiger partial charge in [0.25, 0.3) is 11.5 Å². The Morgan fingerprint density at radius 3 is 2.20 bits per heavy atom. The van der Waals surface area contributed by atoms with Crippen LogP contribution in [0.1, 0.15) is 78.6 Å². The number of nitrogens with one attached hydrogen (secondary N) is 1. The molecule has 2 aromatic heterocycles. The van der Waals surface area contributed by atoms with Crippen LogP contribution in [-0.2, 0) is 40.1 Å². The maximum Gasteiger partial charge on any atom is 0.337 e. The number of hydrogen-bond acceptors (Lipinski definition) is 8. The van der Waals surface area contributed by atoms with Crippen molar-refractivity contribution >= 4 is 28.8 Å². The van der Waals surface area contributed by atoms with E-state index in [0.717, 1.165) is 10.1 Å². The zero-order chi connectivity index (χ0) is 34.2. The molecule has 1 fully saturated rings. The molecule has 0 aliphatic carbocycles. The van der Waals surface area contributed by atoms with Gasteiger partial charge in [-0.25, -0.2) is 9.59 Å². The summed E-state index contributed by atoms with van der Waals surface area (Å²) >= 11 is 0. The second-order valence-electron chi connectivity index (χ2n) is 12.5. The maximum atomic E-state index is 14.8. The molecule has 0 saturated carbocycles. The van der Waals surface area contributed by atoms with Crippen LogP contribution in [0.2, 0.25) is 0 Å². The minimum atomic E-state index is -1.28. The number of rotatable bonds is 9. The fraction of sp³-hybridized carbons (Fsp3) is 0.485. The third-order valence-corrected chi connectivity index (χ3v) is 8.19. The quantitative estimate of drug-likeness (QED) is 0.279. The molecular formula is C33H43N5O8. The van der Waals surface area contributed by atoms with Gasteiger partial charge in [-0.3, -0.25) is 23.5 Å². The molecule has 1 aliphatic rings. The Kier molecular flexibility index (Phi) is 9.78. The lowest BCUT2D eigenvalue weighted by molar-refractivity contribution is -0.262. The predicted molar refractivity (Wildman–Crippen MR) is 172 cm³/mol. The Labute approximate surface area is 267 Å². The van der Waals surface area contributed by atoms with E-state index in [1.807, 2.05) is 13.8 Å². The molecule has 1 N–H and O–H groups in total. The third-order valence-electron chi connectivity index (χ3n) is 8.19. The third kappa shape index (κ3) is 6.56. The fourth-order valence-electron chi connectivity index (χ4n) is 5.59. The van der Waals surface area contributed by atoms with Gasteiger partial charge in [0.1, 0.15) is 17.4 Å². The van der Waals surface area contributed by atoms with E-state index in [9.17, 15) is 24.0 Å². The second kappa shape index (κ2) is 13.1. The number of esters is 1. The van der Waals surface area contributed by atoms with Gasteiger partial charge in [-0.1, -0.05) is 32.1 Å². The van der Waals surface area contributed by atoms with Gasteiger partial charge in [-0.15, -0.1) is 0 Å². The largest absolute Gasteiger partial charge is 0.465 e. The van der Waals surface area contributed by atoms with Gasteiger partial charge >= 0.3 is 11.7 Å². The Morgan fingerprint density at radius 1 is 1.02 bits per heavy atom. The fourth-order valence-corrected chi connectivity index (χ4v) is 5.59. The summed E-state index contributed by atoms with van der Waals surface area (Å²) in [5.41, 5.74) is 1.21. The van der Waals surface area contributed by atoms with Gasteiger partial charge in [0, 0.05) is 27.7 Å². The van der Waals surface area contributed by atoms with Crippen molar-refractivity contribution in [1.82, 2.24) is 23.9 Å². The van der Waals surface area contributed by atoms with E-state index >= 15 is 0 Å². The van der Waals surface area contributed by atoms with Gasteiger partial charge in [-0.05, 0) is 56.0 Å². The number of fused-ring (bicyclic) bond motifs is 1. The minimum absolute atomic E-state index is 0.0287. The first-order valence-electron chi connectivity index (χ1n) is 15.0. The van der Waals surface area contributed by atoms with Crippen LogP contribution in [0.25, 0.3) is 11.0 Å². The average molecular weight is 638 g/mol. The number of amides is 2. The van der Waals surface area contributed by atoms with Crippen LogP contribution in [0.5, 0.6) is 0 Å². The van der Waals surface area contributed by atoms with Crippen molar-refractivity contribution in [2.24, 2.45) is 21.1 Å². The summed E-state index contributed by atoms with van der Waals surface area (Å²) in [6.07, 6.45) is 0. The lowest BCUT2D eigenvalue weighted by Gasteiger charge is -2.43. The molecule has 3 aromatic rings. The number of carbonyl (C=O) groups is 3. The highest BCUT2D eigenvalue weighted by Crippen LogP contribution is 2.33. The first kappa shape index (κ1) is 34.4. The number of benzene rings is 1. The Balaban J connectivity index is 2.01. The molecule has 13 nitrogen and oxygen atoms in total. The van der Waals surface area contributed by atoms with E-state index in [0.29, 0.717) is 11.1 Å². The van der Waals surface area contributed by atoms with Crippen molar-refractivity contribution in [1.29, 1.82) is 0 Å². The topological polar surface area (TPSA) is 143 Å². The number of aromatic nitrogens is 3. The van der Waals surface area contributed by atoms with Crippen molar-refractivity contribution in [3.63, 3.8) is 0 Å². The number of aryl methyl sites for hydroxylation is 2. The number of hydrogen-bond donors (Lipinski definition) is 1. The average Bonchev–Trinajstić information content (AvgIpc) is 3.36. The van der Waals surface area contributed by atoms with Crippen molar-refractivity contribution in [3.05, 3.63) is 79.6 Å². The standard InChI is InChI=1S/C33H43N5O8/c1-18(2)15-34-27(39)26(21-11-20(19(3)4)12-22(13-21)31(42)44-10)38(23-16-45-33(5,6)46-17-23)30(41)25-14-24-28(35(25)7)36(8)32(43)37(9)29(24)40/h11-14,19,23,26H,1,15-17H2,2-10H3,(H,34,39). The summed E-state index contributed by atoms with van der Waals surface area (Å²) in [6.45, 7) is 13.2. The Hall–Kier alpha value is -4.49. The van der Waals surface area contributed by atoms with E-state index in [2.05, 4.69) is 11.9 Å². The van der Waals surface area contributed by atoms with Crippen LogP contribution in [-0.4, -0.2) is 75.1 Å². The van der Waals surface area contributed by atoms with Crippen LogP contribution < -0.4 is 16.6 Å². The summed E-state index contributed by atoms with van der Waals surface area (Å²) in [5, 5.41) is 3.03. The molecule has 4 rings (SSSR count). The van der Waals surface area contributed by atoms with Crippen LogP contribution in [0.4, 0.5) is 0 Å². The van der Waals surface area contributed by atoms with E-state index in [1.165, 1.54) is 41.3 Å². The molecule has 248 valence electrons. The van der Waals surface area contributed by atoms with Crippen LogP contribution in [0.3, 0.4) is 0 Å². The van der Waals surface area contributed by atoms with E-state index in [1.54, 1.807) is 46.0 Å². The molecule has 13 heteroatoms. The van der Waals surface area contributed by atoms with Crippen molar-refractivity contribution in [3.8, 4) is 0 Å². The first-order chi connectivity index (χ1) is 21.5. The first-order valence-corrected chi connectivity index (χ1v) is 15.0. The smallest absolute Gasteiger partial charge is 0.337 e. The molecule has 46 heavy (non-hydrogen) atoms. The maximum absolute atomic E-state index is 14.8. The summed E-state index contributed by atoms with van der Waals surface area (Å²) in [7, 11) is 5.73. The van der Waals surface area contributed by atoms with Gasteiger partial charge < -0.3 is 29.0 Å². The number of ether oxygens (including phenoxy) is 3. The highest BCUT2D eigenvalue weighted by atomic mass is 16.7. The van der Waals surface area contributed by atoms with Crippen molar-refractivity contribution in [2.75, 3.05) is 26.9 Å². The molecule has 1 aliphatic heterocycles.